The van der Waals surface area contributed by atoms with Crippen LogP contribution in [0.1, 0.15) is 25.0 Å². The van der Waals surface area contributed by atoms with Crippen molar-refractivity contribution in [2.45, 2.75) is 39.4 Å². The lowest BCUT2D eigenvalue weighted by Crippen LogP contribution is -2.32. The molecule has 0 saturated heterocycles. The Morgan fingerprint density at radius 1 is 1.33 bits per heavy atom. The summed E-state index contributed by atoms with van der Waals surface area (Å²) in [5, 5.41) is 12.9. The van der Waals surface area contributed by atoms with E-state index in [1.165, 1.54) is 11.1 Å². The van der Waals surface area contributed by atoms with Gasteiger partial charge >= 0.3 is 0 Å². The molecule has 0 aliphatic rings. The van der Waals surface area contributed by atoms with Crippen LogP contribution in [0.25, 0.3) is 0 Å². The molecule has 3 heteroatoms. The van der Waals surface area contributed by atoms with E-state index in [1.54, 1.807) is 0 Å². The normalized spacial score (nSPS) is 12.9. The van der Waals surface area contributed by atoms with Crippen molar-refractivity contribution in [1.29, 1.82) is 0 Å². The molecular weight excluding hydrogens is 226 g/mol. The molecule has 0 spiro atoms. The maximum atomic E-state index is 9.65. The first kappa shape index (κ1) is 15.2. The highest BCUT2D eigenvalue weighted by atomic mass is 16.5. The first-order valence-electron chi connectivity index (χ1n) is 6.64. The van der Waals surface area contributed by atoms with E-state index in [0.717, 1.165) is 13.0 Å². The lowest BCUT2D eigenvalue weighted by molar-refractivity contribution is 0.00652. The number of nitrogens with one attached hydrogen (secondary N) is 1. The second kappa shape index (κ2) is 8.25. The molecule has 0 aliphatic heterocycles. The molecule has 0 saturated carbocycles. The van der Waals surface area contributed by atoms with Gasteiger partial charge in [-0.3, -0.25) is 0 Å². The fraction of sp³-hybridized carbons (Fsp3) is 0.600. The Balaban J connectivity index is 2.11. The predicted octanol–water partition coefficient (Wildman–Crippen LogP) is 1.91. The van der Waals surface area contributed by atoms with Crippen molar-refractivity contribution in [1.82, 2.24) is 5.32 Å². The first-order chi connectivity index (χ1) is 8.58. The third kappa shape index (κ3) is 6.74. The van der Waals surface area contributed by atoms with Crippen LogP contribution in [0.15, 0.2) is 24.3 Å². The Morgan fingerprint density at radius 2 is 2.11 bits per heavy atom. The second-order valence-electron chi connectivity index (χ2n) is 4.98. The van der Waals surface area contributed by atoms with Crippen molar-refractivity contribution in [2.24, 2.45) is 0 Å². The molecule has 1 unspecified atom stereocenters. The van der Waals surface area contributed by atoms with Crippen LogP contribution < -0.4 is 5.32 Å². The van der Waals surface area contributed by atoms with Gasteiger partial charge < -0.3 is 15.2 Å². The van der Waals surface area contributed by atoms with Crippen LogP contribution in [0.2, 0.25) is 0 Å². The van der Waals surface area contributed by atoms with E-state index in [1.807, 2.05) is 13.8 Å². The molecule has 1 aromatic rings. The zero-order valence-electron chi connectivity index (χ0n) is 11.6. The molecule has 102 valence electrons. The van der Waals surface area contributed by atoms with Crippen molar-refractivity contribution in [3.8, 4) is 0 Å². The van der Waals surface area contributed by atoms with Crippen molar-refractivity contribution in [3.05, 3.63) is 35.4 Å². The van der Waals surface area contributed by atoms with Gasteiger partial charge in [0.05, 0.1) is 18.8 Å². The quantitative estimate of drug-likeness (QED) is 0.694. The molecule has 3 nitrogen and oxygen atoms in total. The number of aryl methyl sites for hydroxylation is 1. The van der Waals surface area contributed by atoms with E-state index in [9.17, 15) is 5.11 Å². The number of aliphatic hydroxyl groups excluding tert-OH is 1. The molecule has 0 fully saturated rings. The number of benzene rings is 1. The summed E-state index contributed by atoms with van der Waals surface area (Å²) < 4.78 is 5.34. The topological polar surface area (TPSA) is 41.5 Å². The van der Waals surface area contributed by atoms with Gasteiger partial charge in [-0.1, -0.05) is 29.8 Å². The number of aliphatic hydroxyl groups is 1. The number of hydrogen-bond donors (Lipinski definition) is 2. The third-order valence-electron chi connectivity index (χ3n) is 2.67. The molecule has 0 heterocycles. The molecule has 1 aromatic carbocycles. The van der Waals surface area contributed by atoms with Crippen molar-refractivity contribution < 1.29 is 9.84 Å². The van der Waals surface area contributed by atoms with E-state index in [2.05, 4.69) is 36.5 Å². The minimum absolute atomic E-state index is 0.173. The Morgan fingerprint density at radius 3 is 2.78 bits per heavy atom. The largest absolute Gasteiger partial charge is 0.389 e. The lowest BCUT2D eigenvalue weighted by atomic mass is 10.1. The molecule has 0 radical (unpaired) electrons. The van der Waals surface area contributed by atoms with Gasteiger partial charge in [0.15, 0.2) is 0 Å². The highest BCUT2D eigenvalue weighted by Crippen LogP contribution is 2.03. The van der Waals surface area contributed by atoms with Gasteiger partial charge in [-0.05, 0) is 39.3 Å². The standard InChI is InChI=1S/C15H25NO2/c1-12(2)18-11-15(17)10-16-8-7-14-6-4-5-13(3)9-14/h4-6,9,12,15-17H,7-8,10-11H2,1-3H3. The SMILES string of the molecule is Cc1cccc(CCNCC(O)COC(C)C)c1. The fourth-order valence-corrected chi connectivity index (χ4v) is 1.73. The Hall–Kier alpha value is -0.900. The molecule has 2 N–H and O–H groups in total. The van der Waals surface area contributed by atoms with Crippen LogP contribution in [-0.2, 0) is 11.2 Å². The molecule has 1 rings (SSSR count). The minimum atomic E-state index is -0.426. The molecule has 0 aromatic heterocycles. The highest BCUT2D eigenvalue weighted by molar-refractivity contribution is 5.22. The van der Waals surface area contributed by atoms with Gasteiger partial charge in [-0.2, -0.15) is 0 Å². The molecule has 0 aliphatic carbocycles. The van der Waals surface area contributed by atoms with Crippen molar-refractivity contribution in [3.63, 3.8) is 0 Å². The predicted molar refractivity (Wildman–Crippen MR) is 74.8 cm³/mol. The summed E-state index contributed by atoms with van der Waals surface area (Å²) in [6.45, 7) is 7.90. The maximum Gasteiger partial charge on any atom is 0.0897 e. The van der Waals surface area contributed by atoms with E-state index < -0.39 is 6.10 Å². The van der Waals surface area contributed by atoms with Crippen LogP contribution in [0.3, 0.4) is 0 Å². The van der Waals surface area contributed by atoms with Crippen LogP contribution in [0.4, 0.5) is 0 Å². The Bertz CT molecular complexity index is 339. The summed E-state index contributed by atoms with van der Waals surface area (Å²) in [7, 11) is 0. The van der Waals surface area contributed by atoms with Crippen LogP contribution in [0, 0.1) is 6.92 Å². The van der Waals surface area contributed by atoms with Gasteiger partial charge in [0, 0.05) is 6.54 Å². The summed E-state index contributed by atoms with van der Waals surface area (Å²) in [4.78, 5) is 0. The second-order valence-corrected chi connectivity index (χ2v) is 4.98. The molecule has 0 amide bonds. The van der Waals surface area contributed by atoms with Crippen molar-refractivity contribution >= 4 is 0 Å². The van der Waals surface area contributed by atoms with E-state index in [4.69, 9.17) is 4.74 Å². The van der Waals surface area contributed by atoms with Crippen LogP contribution >= 0.6 is 0 Å². The number of hydrogen-bond acceptors (Lipinski definition) is 3. The van der Waals surface area contributed by atoms with E-state index in [0.29, 0.717) is 13.2 Å². The molecule has 1 atom stereocenters. The minimum Gasteiger partial charge on any atom is -0.389 e. The highest BCUT2D eigenvalue weighted by Gasteiger charge is 2.04. The van der Waals surface area contributed by atoms with Gasteiger partial charge in [-0.15, -0.1) is 0 Å². The molecular formula is C15H25NO2. The van der Waals surface area contributed by atoms with Gasteiger partial charge in [0.2, 0.25) is 0 Å². The average molecular weight is 251 g/mol. The van der Waals surface area contributed by atoms with Gasteiger partial charge in [-0.25, -0.2) is 0 Å². The molecule has 18 heavy (non-hydrogen) atoms. The van der Waals surface area contributed by atoms with E-state index in [-0.39, 0.29) is 6.10 Å². The zero-order valence-corrected chi connectivity index (χ0v) is 11.6. The summed E-state index contributed by atoms with van der Waals surface area (Å²) in [5.41, 5.74) is 2.62. The van der Waals surface area contributed by atoms with Crippen LogP contribution in [-0.4, -0.2) is 37.0 Å². The smallest absolute Gasteiger partial charge is 0.0897 e. The summed E-state index contributed by atoms with van der Waals surface area (Å²) in [6.07, 6.45) is 0.733. The summed E-state index contributed by atoms with van der Waals surface area (Å²) in [5.74, 6) is 0. The lowest BCUT2D eigenvalue weighted by Gasteiger charge is -2.14. The first-order valence-corrected chi connectivity index (χ1v) is 6.64. The fourth-order valence-electron chi connectivity index (χ4n) is 1.73. The zero-order chi connectivity index (χ0) is 13.4. The Labute approximate surface area is 110 Å². The summed E-state index contributed by atoms with van der Waals surface area (Å²) in [6, 6.07) is 8.51. The number of rotatable bonds is 8. The number of ether oxygens (including phenoxy) is 1. The van der Waals surface area contributed by atoms with Crippen LogP contribution in [0.5, 0.6) is 0 Å². The molecule has 0 bridgehead atoms. The monoisotopic (exact) mass is 251 g/mol. The van der Waals surface area contributed by atoms with Gasteiger partial charge in [0.25, 0.3) is 0 Å². The van der Waals surface area contributed by atoms with Gasteiger partial charge in [0.1, 0.15) is 0 Å². The van der Waals surface area contributed by atoms with Crippen molar-refractivity contribution in [2.75, 3.05) is 19.7 Å². The maximum absolute atomic E-state index is 9.65. The summed E-state index contributed by atoms with van der Waals surface area (Å²) >= 11 is 0. The average Bonchev–Trinajstić information content (AvgIpc) is 2.32. The van der Waals surface area contributed by atoms with E-state index >= 15 is 0 Å². The Kier molecular flexibility index (Phi) is 6.94. The third-order valence-corrected chi connectivity index (χ3v) is 2.67.